The Morgan fingerprint density at radius 3 is 2.07 bits per heavy atom. The Hall–Kier alpha value is -1.58. The Labute approximate surface area is 163 Å². The van der Waals surface area contributed by atoms with Gasteiger partial charge in [0.05, 0.1) is 11.2 Å². The Balaban J connectivity index is 1.61. The second kappa shape index (κ2) is 5.72. The predicted octanol–water partition coefficient (Wildman–Crippen LogP) is 5.22. The maximum absolute atomic E-state index is 6.31. The molecule has 1 spiro atoms. The number of rotatable bonds is 1. The molecule has 0 N–H and O–H groups in total. The first-order valence-corrected chi connectivity index (χ1v) is 10.4. The molecule has 1 saturated carbocycles. The van der Waals surface area contributed by atoms with E-state index in [4.69, 9.17) is 9.31 Å². The van der Waals surface area contributed by atoms with Crippen LogP contribution in [0.5, 0.6) is 0 Å². The van der Waals surface area contributed by atoms with E-state index >= 15 is 0 Å². The molecule has 0 radical (unpaired) electrons. The molecule has 0 bridgehead atoms. The van der Waals surface area contributed by atoms with Crippen molar-refractivity contribution in [2.75, 3.05) is 0 Å². The van der Waals surface area contributed by atoms with Gasteiger partial charge in [-0.2, -0.15) is 0 Å². The highest BCUT2D eigenvalue weighted by Gasteiger charge is 2.52. The molecule has 2 aromatic carbocycles. The van der Waals surface area contributed by atoms with Crippen LogP contribution in [0.4, 0.5) is 0 Å². The third-order valence-electron chi connectivity index (χ3n) is 7.52. The van der Waals surface area contributed by atoms with Crippen LogP contribution in [0.3, 0.4) is 0 Å². The minimum Gasteiger partial charge on any atom is -0.399 e. The fourth-order valence-corrected chi connectivity index (χ4v) is 5.30. The van der Waals surface area contributed by atoms with Crippen LogP contribution in [0.2, 0.25) is 0 Å². The van der Waals surface area contributed by atoms with Crippen molar-refractivity contribution in [1.29, 1.82) is 0 Å². The van der Waals surface area contributed by atoms with E-state index in [2.05, 4.69) is 70.2 Å². The SMILES string of the molecule is CC1(C)OB(c2ccc3c(c2)-c2ccccc2C32CCCCC2)OC1(C)C. The summed E-state index contributed by atoms with van der Waals surface area (Å²) < 4.78 is 12.6. The normalized spacial score (nSPS) is 24.1. The van der Waals surface area contributed by atoms with Gasteiger partial charge in [0.15, 0.2) is 0 Å². The van der Waals surface area contributed by atoms with E-state index < -0.39 is 0 Å². The van der Waals surface area contributed by atoms with Crippen LogP contribution in [-0.2, 0) is 14.7 Å². The Kier molecular flexibility index (Phi) is 3.71. The van der Waals surface area contributed by atoms with Gasteiger partial charge in [-0.3, -0.25) is 0 Å². The third-order valence-corrected chi connectivity index (χ3v) is 7.52. The summed E-state index contributed by atoms with van der Waals surface area (Å²) >= 11 is 0. The highest BCUT2D eigenvalue weighted by atomic mass is 16.7. The van der Waals surface area contributed by atoms with Crippen LogP contribution in [-0.4, -0.2) is 18.3 Å². The van der Waals surface area contributed by atoms with Crippen LogP contribution in [0, 0.1) is 0 Å². The van der Waals surface area contributed by atoms with Crippen LogP contribution in [0.25, 0.3) is 11.1 Å². The van der Waals surface area contributed by atoms with Gasteiger partial charge in [-0.1, -0.05) is 61.7 Å². The van der Waals surface area contributed by atoms with Crippen molar-refractivity contribution >= 4 is 12.6 Å². The van der Waals surface area contributed by atoms with Crippen LogP contribution in [0.15, 0.2) is 42.5 Å². The first kappa shape index (κ1) is 17.5. The molecule has 1 heterocycles. The summed E-state index contributed by atoms with van der Waals surface area (Å²) in [6.45, 7) is 8.47. The van der Waals surface area contributed by atoms with E-state index in [9.17, 15) is 0 Å². The molecule has 0 unspecified atom stereocenters. The minimum absolute atomic E-state index is 0.221. The number of hydrogen-bond donors (Lipinski definition) is 0. The van der Waals surface area contributed by atoms with E-state index in [-0.39, 0.29) is 23.7 Å². The molecule has 2 fully saturated rings. The molecule has 0 aromatic heterocycles. The summed E-state index contributed by atoms with van der Waals surface area (Å²) in [7, 11) is -0.296. The molecule has 1 aliphatic heterocycles. The summed E-state index contributed by atoms with van der Waals surface area (Å²) in [6.07, 6.45) is 6.56. The standard InChI is InChI=1S/C24H29BO2/c1-22(2)23(3,4)27-25(26-22)17-12-13-21-19(16-17)18-10-6-7-11-20(18)24(21)14-8-5-9-15-24/h6-7,10-13,16H,5,8-9,14-15H2,1-4H3. The zero-order valence-electron chi connectivity index (χ0n) is 17.0. The van der Waals surface area contributed by atoms with Gasteiger partial charge >= 0.3 is 7.12 Å². The molecule has 5 rings (SSSR count). The van der Waals surface area contributed by atoms with Crippen molar-refractivity contribution in [3.8, 4) is 11.1 Å². The smallest absolute Gasteiger partial charge is 0.399 e. The molecule has 2 aliphatic carbocycles. The fourth-order valence-electron chi connectivity index (χ4n) is 5.30. The molecule has 3 aliphatic rings. The maximum atomic E-state index is 6.31. The van der Waals surface area contributed by atoms with Gasteiger partial charge < -0.3 is 9.31 Å². The lowest BCUT2D eigenvalue weighted by Gasteiger charge is -2.36. The zero-order chi connectivity index (χ0) is 18.9. The van der Waals surface area contributed by atoms with Crippen LogP contribution >= 0.6 is 0 Å². The molecular weight excluding hydrogens is 331 g/mol. The third kappa shape index (κ3) is 2.41. The summed E-state index contributed by atoms with van der Waals surface area (Å²) in [5, 5.41) is 0. The monoisotopic (exact) mass is 360 g/mol. The average molecular weight is 360 g/mol. The first-order valence-electron chi connectivity index (χ1n) is 10.4. The molecule has 140 valence electrons. The van der Waals surface area contributed by atoms with Crippen molar-refractivity contribution in [1.82, 2.24) is 0 Å². The number of benzene rings is 2. The predicted molar refractivity (Wildman–Crippen MR) is 111 cm³/mol. The van der Waals surface area contributed by atoms with E-state index in [1.807, 2.05) is 0 Å². The molecule has 0 atom stereocenters. The van der Waals surface area contributed by atoms with Gasteiger partial charge in [-0.05, 0) is 68.3 Å². The summed E-state index contributed by atoms with van der Waals surface area (Å²) in [5.74, 6) is 0. The maximum Gasteiger partial charge on any atom is 0.494 e. The molecule has 3 heteroatoms. The summed E-state index contributed by atoms with van der Waals surface area (Å²) in [5.41, 5.74) is 6.59. The topological polar surface area (TPSA) is 18.5 Å². The lowest BCUT2D eigenvalue weighted by molar-refractivity contribution is 0.00578. The van der Waals surface area contributed by atoms with Gasteiger partial charge in [-0.15, -0.1) is 0 Å². The second-order valence-corrected chi connectivity index (χ2v) is 9.58. The fraction of sp³-hybridized carbons (Fsp3) is 0.500. The van der Waals surface area contributed by atoms with Gasteiger partial charge in [0, 0.05) is 5.41 Å². The van der Waals surface area contributed by atoms with Crippen molar-refractivity contribution in [2.45, 2.75) is 76.4 Å². The van der Waals surface area contributed by atoms with Crippen molar-refractivity contribution in [3.05, 3.63) is 53.6 Å². The van der Waals surface area contributed by atoms with E-state index in [1.165, 1.54) is 54.4 Å². The van der Waals surface area contributed by atoms with Crippen molar-refractivity contribution in [2.24, 2.45) is 0 Å². The van der Waals surface area contributed by atoms with Gasteiger partial charge in [0.25, 0.3) is 0 Å². The number of hydrogen-bond acceptors (Lipinski definition) is 2. The van der Waals surface area contributed by atoms with E-state index in [0.717, 1.165) is 5.46 Å². The van der Waals surface area contributed by atoms with Crippen molar-refractivity contribution in [3.63, 3.8) is 0 Å². The minimum atomic E-state index is -0.306. The Bertz CT molecular complexity index is 877. The summed E-state index contributed by atoms with van der Waals surface area (Å²) in [4.78, 5) is 0. The van der Waals surface area contributed by atoms with Gasteiger partial charge in [0.1, 0.15) is 0 Å². The van der Waals surface area contributed by atoms with Crippen LogP contribution in [0.1, 0.15) is 70.9 Å². The van der Waals surface area contributed by atoms with Crippen molar-refractivity contribution < 1.29 is 9.31 Å². The highest BCUT2D eigenvalue weighted by Crippen LogP contribution is 2.55. The average Bonchev–Trinajstić information content (AvgIpc) is 3.04. The lowest BCUT2D eigenvalue weighted by Crippen LogP contribution is -2.41. The Morgan fingerprint density at radius 2 is 1.37 bits per heavy atom. The zero-order valence-corrected chi connectivity index (χ0v) is 17.0. The Morgan fingerprint density at radius 1 is 0.741 bits per heavy atom. The van der Waals surface area contributed by atoms with E-state index in [1.54, 1.807) is 0 Å². The molecule has 1 saturated heterocycles. The molecule has 27 heavy (non-hydrogen) atoms. The van der Waals surface area contributed by atoms with E-state index in [0.29, 0.717) is 0 Å². The first-order chi connectivity index (χ1) is 12.8. The molecule has 2 nitrogen and oxygen atoms in total. The summed E-state index contributed by atoms with van der Waals surface area (Å²) in [6, 6.07) is 16.0. The quantitative estimate of drug-likeness (QED) is 0.650. The molecule has 0 amide bonds. The molecule has 2 aromatic rings. The largest absolute Gasteiger partial charge is 0.494 e. The van der Waals surface area contributed by atoms with Gasteiger partial charge in [0.2, 0.25) is 0 Å². The van der Waals surface area contributed by atoms with Gasteiger partial charge in [-0.25, -0.2) is 0 Å². The number of fused-ring (bicyclic) bond motifs is 5. The second-order valence-electron chi connectivity index (χ2n) is 9.58. The van der Waals surface area contributed by atoms with Crippen LogP contribution < -0.4 is 5.46 Å². The molecular formula is C24H29BO2. The lowest BCUT2D eigenvalue weighted by atomic mass is 9.67. The highest BCUT2D eigenvalue weighted by molar-refractivity contribution is 6.62.